The summed E-state index contributed by atoms with van der Waals surface area (Å²) in [6.07, 6.45) is 5.93. The zero-order valence-electron chi connectivity index (χ0n) is 10.8. The number of amides is 1. The maximum Gasteiger partial charge on any atom is 0.220 e. The Morgan fingerprint density at radius 1 is 1.33 bits per heavy atom. The lowest BCUT2D eigenvalue weighted by Crippen LogP contribution is -2.35. The van der Waals surface area contributed by atoms with E-state index < -0.39 is 0 Å². The fourth-order valence-corrected chi connectivity index (χ4v) is 2.93. The Bertz CT molecular complexity index is 431. The van der Waals surface area contributed by atoms with Crippen molar-refractivity contribution in [3.8, 4) is 0 Å². The Morgan fingerprint density at radius 3 is 2.89 bits per heavy atom. The molecule has 0 fully saturated rings. The molecule has 0 aliphatic heterocycles. The molecule has 1 atom stereocenters. The molecule has 1 unspecified atom stereocenters. The van der Waals surface area contributed by atoms with Crippen molar-refractivity contribution in [3.05, 3.63) is 33.8 Å². The van der Waals surface area contributed by atoms with E-state index in [4.69, 9.17) is 0 Å². The molecule has 2 rings (SSSR count). The van der Waals surface area contributed by atoms with Gasteiger partial charge in [-0.2, -0.15) is 0 Å². The topological polar surface area (TPSA) is 29.1 Å². The fourth-order valence-electron chi connectivity index (χ4n) is 2.52. The second-order valence-electron chi connectivity index (χ2n) is 5.04. The third kappa shape index (κ3) is 3.58. The number of carbonyl (C=O) groups excluding carboxylic acids is 1. The fraction of sp³-hybridized carbons (Fsp3) is 0.533. The van der Waals surface area contributed by atoms with Gasteiger partial charge >= 0.3 is 0 Å². The molecule has 1 aromatic carbocycles. The summed E-state index contributed by atoms with van der Waals surface area (Å²) < 4.78 is 1.12. The molecule has 0 spiro atoms. The van der Waals surface area contributed by atoms with Gasteiger partial charge in [0.15, 0.2) is 0 Å². The quantitative estimate of drug-likeness (QED) is 0.827. The van der Waals surface area contributed by atoms with E-state index in [1.54, 1.807) is 0 Å². The molecule has 98 valence electrons. The van der Waals surface area contributed by atoms with Crippen LogP contribution in [0.2, 0.25) is 0 Å². The number of benzene rings is 1. The lowest BCUT2D eigenvalue weighted by molar-refractivity contribution is -0.121. The molecule has 0 aromatic heterocycles. The van der Waals surface area contributed by atoms with Crippen LogP contribution in [0.25, 0.3) is 0 Å². The van der Waals surface area contributed by atoms with Crippen LogP contribution in [0, 0.1) is 0 Å². The average molecular weight is 310 g/mol. The third-order valence-corrected chi connectivity index (χ3v) is 3.97. The number of hydrogen-bond acceptors (Lipinski definition) is 1. The summed E-state index contributed by atoms with van der Waals surface area (Å²) in [4.78, 5) is 11.8. The summed E-state index contributed by atoms with van der Waals surface area (Å²) in [7, 11) is 0. The van der Waals surface area contributed by atoms with Gasteiger partial charge in [0.25, 0.3) is 0 Å². The van der Waals surface area contributed by atoms with Crippen LogP contribution in [0.1, 0.15) is 43.7 Å². The number of nitrogens with one attached hydrogen (secondary N) is 1. The number of fused-ring (bicyclic) bond motifs is 1. The number of halogens is 1. The maximum absolute atomic E-state index is 11.8. The van der Waals surface area contributed by atoms with Crippen LogP contribution < -0.4 is 5.32 Å². The van der Waals surface area contributed by atoms with E-state index in [-0.39, 0.29) is 5.91 Å². The van der Waals surface area contributed by atoms with Gasteiger partial charge in [0, 0.05) is 16.9 Å². The Labute approximate surface area is 117 Å². The first-order valence-corrected chi connectivity index (χ1v) is 7.55. The Hall–Kier alpha value is -0.830. The predicted molar refractivity (Wildman–Crippen MR) is 77.6 cm³/mol. The van der Waals surface area contributed by atoms with E-state index in [0.29, 0.717) is 12.5 Å². The van der Waals surface area contributed by atoms with Crippen LogP contribution in [0.3, 0.4) is 0 Å². The minimum atomic E-state index is 0.209. The van der Waals surface area contributed by atoms with Gasteiger partial charge in [-0.1, -0.05) is 41.8 Å². The minimum Gasteiger partial charge on any atom is -0.353 e. The number of rotatable bonds is 5. The van der Waals surface area contributed by atoms with Gasteiger partial charge in [0.05, 0.1) is 0 Å². The van der Waals surface area contributed by atoms with Crippen molar-refractivity contribution >= 4 is 21.8 Å². The average Bonchev–Trinajstić information content (AvgIpc) is 2.70. The lowest BCUT2D eigenvalue weighted by Gasteiger charge is -2.11. The Balaban J connectivity index is 1.82. The molecular formula is C15H20BrNO. The van der Waals surface area contributed by atoms with E-state index in [1.165, 1.54) is 11.1 Å². The molecule has 18 heavy (non-hydrogen) atoms. The second kappa shape index (κ2) is 6.37. The summed E-state index contributed by atoms with van der Waals surface area (Å²) in [5.74, 6) is 0.209. The van der Waals surface area contributed by atoms with Gasteiger partial charge in [0.1, 0.15) is 0 Å². The van der Waals surface area contributed by atoms with Gasteiger partial charge in [-0.05, 0) is 42.5 Å². The maximum atomic E-state index is 11.8. The molecular weight excluding hydrogens is 290 g/mol. The van der Waals surface area contributed by atoms with Crippen LogP contribution in [0.5, 0.6) is 0 Å². The highest BCUT2D eigenvalue weighted by Crippen LogP contribution is 2.25. The Kier molecular flexibility index (Phi) is 4.81. The van der Waals surface area contributed by atoms with Gasteiger partial charge in [-0.25, -0.2) is 0 Å². The molecule has 1 aromatic rings. The molecule has 1 aliphatic carbocycles. The lowest BCUT2D eigenvalue weighted by atomic mass is 10.1. The van der Waals surface area contributed by atoms with E-state index in [9.17, 15) is 4.79 Å². The normalized spacial score (nSPS) is 17.6. The molecule has 1 amide bonds. The van der Waals surface area contributed by atoms with Crippen LogP contribution >= 0.6 is 15.9 Å². The smallest absolute Gasteiger partial charge is 0.220 e. The second-order valence-corrected chi connectivity index (χ2v) is 5.96. The van der Waals surface area contributed by atoms with E-state index >= 15 is 0 Å². The van der Waals surface area contributed by atoms with Crippen LogP contribution in [0.4, 0.5) is 0 Å². The molecule has 0 heterocycles. The van der Waals surface area contributed by atoms with Gasteiger partial charge in [-0.3, -0.25) is 4.79 Å². The molecule has 0 bridgehead atoms. The highest BCUT2D eigenvalue weighted by molar-refractivity contribution is 9.10. The van der Waals surface area contributed by atoms with Gasteiger partial charge in [0.2, 0.25) is 5.91 Å². The molecule has 3 heteroatoms. The SMILES string of the molecule is CCCCCC(=O)NC1Cc2ccc(Br)cc2C1. The first kappa shape index (κ1) is 13.6. The zero-order chi connectivity index (χ0) is 13.0. The molecule has 0 radical (unpaired) electrons. The number of carbonyl (C=O) groups is 1. The van der Waals surface area contributed by atoms with Crippen molar-refractivity contribution in [2.24, 2.45) is 0 Å². The molecule has 0 saturated carbocycles. The monoisotopic (exact) mass is 309 g/mol. The number of unbranched alkanes of at least 4 members (excludes halogenated alkanes) is 2. The third-order valence-electron chi connectivity index (χ3n) is 3.47. The highest BCUT2D eigenvalue weighted by Gasteiger charge is 2.22. The van der Waals surface area contributed by atoms with Crippen LogP contribution in [-0.4, -0.2) is 11.9 Å². The summed E-state index contributed by atoms with van der Waals surface area (Å²) in [6, 6.07) is 6.69. The molecule has 2 nitrogen and oxygen atoms in total. The summed E-state index contributed by atoms with van der Waals surface area (Å²) in [5.41, 5.74) is 2.74. The van der Waals surface area contributed by atoms with Crippen molar-refractivity contribution in [3.63, 3.8) is 0 Å². The molecule has 1 N–H and O–H groups in total. The number of hydrogen-bond donors (Lipinski definition) is 1. The van der Waals surface area contributed by atoms with E-state index in [0.717, 1.165) is 36.6 Å². The van der Waals surface area contributed by atoms with Crippen LogP contribution in [-0.2, 0) is 17.6 Å². The largest absolute Gasteiger partial charge is 0.353 e. The highest BCUT2D eigenvalue weighted by atomic mass is 79.9. The van der Waals surface area contributed by atoms with Gasteiger partial charge < -0.3 is 5.32 Å². The van der Waals surface area contributed by atoms with E-state index in [2.05, 4.69) is 46.4 Å². The predicted octanol–water partition coefficient (Wildman–Crippen LogP) is 3.61. The van der Waals surface area contributed by atoms with Crippen molar-refractivity contribution in [1.82, 2.24) is 5.32 Å². The van der Waals surface area contributed by atoms with Crippen molar-refractivity contribution in [1.29, 1.82) is 0 Å². The molecule has 0 saturated heterocycles. The standard InChI is InChI=1S/C15H20BrNO/c1-2-3-4-5-15(18)17-14-9-11-6-7-13(16)8-12(11)10-14/h6-8,14H,2-5,9-10H2,1H3,(H,17,18). The first-order chi connectivity index (χ1) is 8.69. The summed E-state index contributed by atoms with van der Waals surface area (Å²) in [5, 5.41) is 3.15. The minimum absolute atomic E-state index is 0.209. The zero-order valence-corrected chi connectivity index (χ0v) is 12.4. The van der Waals surface area contributed by atoms with Crippen LogP contribution in [0.15, 0.2) is 22.7 Å². The summed E-state index contributed by atoms with van der Waals surface area (Å²) in [6.45, 7) is 2.16. The van der Waals surface area contributed by atoms with E-state index in [1.807, 2.05) is 0 Å². The summed E-state index contributed by atoms with van der Waals surface area (Å²) >= 11 is 3.49. The van der Waals surface area contributed by atoms with Crippen molar-refractivity contribution in [2.75, 3.05) is 0 Å². The molecule has 1 aliphatic rings. The Morgan fingerprint density at radius 2 is 2.11 bits per heavy atom. The van der Waals surface area contributed by atoms with Crippen molar-refractivity contribution < 1.29 is 4.79 Å². The first-order valence-electron chi connectivity index (χ1n) is 6.75. The van der Waals surface area contributed by atoms with Gasteiger partial charge in [-0.15, -0.1) is 0 Å². The van der Waals surface area contributed by atoms with Crippen molar-refractivity contribution in [2.45, 2.75) is 51.5 Å².